The fourth-order valence-electron chi connectivity index (χ4n) is 1.65. The second-order valence-corrected chi connectivity index (χ2v) is 4.60. The van der Waals surface area contributed by atoms with Crippen molar-refractivity contribution in [2.75, 3.05) is 26.7 Å². The number of hydrogen-bond donors (Lipinski definition) is 2. The molecule has 0 fully saturated rings. The summed E-state index contributed by atoms with van der Waals surface area (Å²) >= 11 is 0. The average molecular weight is 301 g/mol. The van der Waals surface area contributed by atoms with Crippen LogP contribution in [-0.4, -0.2) is 32.7 Å². The molecule has 0 heterocycles. The van der Waals surface area contributed by atoms with Crippen LogP contribution in [0.25, 0.3) is 0 Å². The summed E-state index contributed by atoms with van der Waals surface area (Å²) in [6.45, 7) is 4.15. The van der Waals surface area contributed by atoms with Crippen LogP contribution in [0, 0.1) is 5.92 Å². The van der Waals surface area contributed by atoms with Crippen molar-refractivity contribution in [1.82, 2.24) is 10.6 Å². The first-order valence-corrected chi connectivity index (χ1v) is 6.84. The number of amides is 1. The Morgan fingerprint density at radius 3 is 2.60 bits per heavy atom. The smallest absolute Gasteiger partial charge is 0.222 e. The highest BCUT2D eigenvalue weighted by molar-refractivity contribution is 5.85. The van der Waals surface area contributed by atoms with Crippen molar-refractivity contribution >= 4 is 18.3 Å². The minimum Gasteiger partial charge on any atom is -0.494 e. The van der Waals surface area contributed by atoms with E-state index in [2.05, 4.69) is 10.6 Å². The second-order valence-electron chi connectivity index (χ2n) is 4.60. The molecule has 20 heavy (non-hydrogen) atoms. The molecule has 0 aromatic heterocycles. The lowest BCUT2D eigenvalue weighted by Crippen LogP contribution is -2.32. The molecule has 1 atom stereocenters. The minimum absolute atomic E-state index is 0. The first-order chi connectivity index (χ1) is 9.24. The van der Waals surface area contributed by atoms with Gasteiger partial charge in [0.15, 0.2) is 0 Å². The molecule has 1 rings (SSSR count). The van der Waals surface area contributed by atoms with Gasteiger partial charge in [-0.25, -0.2) is 0 Å². The molecule has 0 spiro atoms. The van der Waals surface area contributed by atoms with E-state index in [0.717, 1.165) is 31.7 Å². The Balaban J connectivity index is 0.00000361. The standard InChI is InChI=1S/C15H24N2O2.ClH/c1-13(15(18)17-11-6-10-16-2)9-12-19-14-7-4-3-5-8-14;/h3-5,7-8,13,16H,6,9-12H2,1-2H3,(H,17,18);1H. The Hall–Kier alpha value is -1.26. The third-order valence-corrected chi connectivity index (χ3v) is 2.91. The van der Waals surface area contributed by atoms with E-state index in [4.69, 9.17) is 4.74 Å². The van der Waals surface area contributed by atoms with Crippen LogP contribution in [-0.2, 0) is 4.79 Å². The molecule has 0 aliphatic heterocycles. The van der Waals surface area contributed by atoms with Crippen LogP contribution in [0.4, 0.5) is 0 Å². The highest BCUT2D eigenvalue weighted by atomic mass is 35.5. The van der Waals surface area contributed by atoms with Crippen molar-refractivity contribution in [2.45, 2.75) is 19.8 Å². The number of halogens is 1. The van der Waals surface area contributed by atoms with Crippen molar-refractivity contribution in [2.24, 2.45) is 5.92 Å². The van der Waals surface area contributed by atoms with Crippen molar-refractivity contribution < 1.29 is 9.53 Å². The lowest BCUT2D eigenvalue weighted by atomic mass is 10.1. The largest absolute Gasteiger partial charge is 0.494 e. The predicted molar refractivity (Wildman–Crippen MR) is 84.5 cm³/mol. The molecule has 1 aromatic carbocycles. The lowest BCUT2D eigenvalue weighted by Gasteiger charge is -2.12. The second kappa shape index (κ2) is 11.6. The number of rotatable bonds is 9. The SMILES string of the molecule is CNCCCNC(=O)C(C)CCOc1ccccc1.Cl. The summed E-state index contributed by atoms with van der Waals surface area (Å²) in [5, 5.41) is 5.98. The maximum atomic E-state index is 11.8. The van der Waals surface area contributed by atoms with E-state index in [1.807, 2.05) is 44.3 Å². The number of benzene rings is 1. The molecule has 0 bridgehead atoms. The summed E-state index contributed by atoms with van der Waals surface area (Å²) in [7, 11) is 1.91. The van der Waals surface area contributed by atoms with Crippen molar-refractivity contribution in [3.63, 3.8) is 0 Å². The average Bonchev–Trinajstić information content (AvgIpc) is 2.44. The van der Waals surface area contributed by atoms with Crippen molar-refractivity contribution in [3.05, 3.63) is 30.3 Å². The van der Waals surface area contributed by atoms with Gasteiger partial charge in [-0.15, -0.1) is 12.4 Å². The Bertz CT molecular complexity index is 360. The quantitative estimate of drug-likeness (QED) is 0.688. The summed E-state index contributed by atoms with van der Waals surface area (Å²) < 4.78 is 5.58. The fourth-order valence-corrected chi connectivity index (χ4v) is 1.65. The molecular weight excluding hydrogens is 276 g/mol. The summed E-state index contributed by atoms with van der Waals surface area (Å²) in [4.78, 5) is 11.8. The molecule has 5 heteroatoms. The molecule has 0 saturated carbocycles. The van der Waals surface area contributed by atoms with Gasteiger partial charge in [-0.05, 0) is 38.6 Å². The van der Waals surface area contributed by atoms with Crippen LogP contribution in [0.3, 0.4) is 0 Å². The summed E-state index contributed by atoms with van der Waals surface area (Å²) in [5.41, 5.74) is 0. The van der Waals surface area contributed by atoms with Gasteiger partial charge in [0.05, 0.1) is 6.61 Å². The van der Waals surface area contributed by atoms with Crippen LogP contribution in [0.1, 0.15) is 19.8 Å². The number of nitrogens with one attached hydrogen (secondary N) is 2. The van der Waals surface area contributed by atoms with Gasteiger partial charge in [-0.2, -0.15) is 0 Å². The molecule has 1 unspecified atom stereocenters. The van der Waals surface area contributed by atoms with Gasteiger partial charge in [-0.1, -0.05) is 25.1 Å². The third-order valence-electron chi connectivity index (χ3n) is 2.91. The number of carbonyl (C=O) groups excluding carboxylic acids is 1. The molecule has 4 nitrogen and oxygen atoms in total. The fraction of sp³-hybridized carbons (Fsp3) is 0.533. The summed E-state index contributed by atoms with van der Waals surface area (Å²) in [6, 6.07) is 9.67. The van der Waals surface area contributed by atoms with Crippen LogP contribution in [0.5, 0.6) is 5.75 Å². The Morgan fingerprint density at radius 2 is 1.95 bits per heavy atom. The van der Waals surface area contributed by atoms with Crippen molar-refractivity contribution in [1.29, 1.82) is 0 Å². The van der Waals surface area contributed by atoms with Crippen LogP contribution >= 0.6 is 12.4 Å². The van der Waals surface area contributed by atoms with E-state index in [1.165, 1.54) is 0 Å². The molecule has 1 amide bonds. The van der Waals surface area contributed by atoms with Crippen LogP contribution in [0.15, 0.2) is 30.3 Å². The van der Waals surface area contributed by atoms with Gasteiger partial charge in [-0.3, -0.25) is 4.79 Å². The molecule has 2 N–H and O–H groups in total. The van der Waals surface area contributed by atoms with Crippen molar-refractivity contribution in [3.8, 4) is 5.75 Å². The molecule has 0 radical (unpaired) electrons. The molecule has 0 aliphatic carbocycles. The Kier molecular flexibility index (Phi) is 10.8. The number of para-hydroxylation sites is 1. The maximum Gasteiger partial charge on any atom is 0.222 e. The Labute approximate surface area is 127 Å². The van der Waals surface area contributed by atoms with Gasteiger partial charge in [0, 0.05) is 12.5 Å². The van der Waals surface area contributed by atoms with E-state index in [-0.39, 0.29) is 24.2 Å². The zero-order valence-corrected chi connectivity index (χ0v) is 13.0. The topological polar surface area (TPSA) is 50.4 Å². The van der Waals surface area contributed by atoms with Crippen LogP contribution in [0.2, 0.25) is 0 Å². The third kappa shape index (κ3) is 8.02. The highest BCUT2D eigenvalue weighted by Gasteiger charge is 2.11. The molecule has 0 saturated heterocycles. The van der Waals surface area contributed by atoms with Gasteiger partial charge >= 0.3 is 0 Å². The monoisotopic (exact) mass is 300 g/mol. The number of ether oxygens (including phenoxy) is 1. The van der Waals surface area contributed by atoms with E-state index in [9.17, 15) is 4.79 Å². The first-order valence-electron chi connectivity index (χ1n) is 6.84. The summed E-state index contributed by atoms with van der Waals surface area (Å²) in [5.74, 6) is 0.940. The Morgan fingerprint density at radius 1 is 1.25 bits per heavy atom. The van der Waals surface area contributed by atoms with Gasteiger partial charge in [0.25, 0.3) is 0 Å². The molecular formula is C15H25ClN2O2. The number of hydrogen-bond acceptors (Lipinski definition) is 3. The van der Waals surface area contributed by atoms with E-state index in [0.29, 0.717) is 6.61 Å². The normalized spacial score (nSPS) is 11.3. The van der Waals surface area contributed by atoms with E-state index in [1.54, 1.807) is 0 Å². The molecule has 0 aliphatic rings. The first kappa shape index (κ1) is 18.7. The lowest BCUT2D eigenvalue weighted by molar-refractivity contribution is -0.124. The maximum absolute atomic E-state index is 11.8. The zero-order valence-electron chi connectivity index (χ0n) is 12.2. The zero-order chi connectivity index (χ0) is 13.9. The highest BCUT2D eigenvalue weighted by Crippen LogP contribution is 2.10. The van der Waals surface area contributed by atoms with Crippen LogP contribution < -0.4 is 15.4 Å². The molecule has 1 aromatic rings. The minimum atomic E-state index is -0.0155. The van der Waals surface area contributed by atoms with E-state index >= 15 is 0 Å². The summed E-state index contributed by atoms with van der Waals surface area (Å²) in [6.07, 6.45) is 1.68. The van der Waals surface area contributed by atoms with Gasteiger partial charge < -0.3 is 15.4 Å². The molecule has 114 valence electrons. The van der Waals surface area contributed by atoms with Gasteiger partial charge in [0.2, 0.25) is 5.91 Å². The van der Waals surface area contributed by atoms with Gasteiger partial charge in [0.1, 0.15) is 5.75 Å². The van der Waals surface area contributed by atoms with E-state index < -0.39 is 0 Å². The number of carbonyl (C=O) groups is 1. The predicted octanol–water partition coefficient (Wildman–Crippen LogP) is 2.24.